The maximum atomic E-state index is 12.7. The van der Waals surface area contributed by atoms with E-state index in [1.165, 1.54) is 0 Å². The van der Waals surface area contributed by atoms with Gasteiger partial charge in [-0.15, -0.1) is 0 Å². The van der Waals surface area contributed by atoms with Gasteiger partial charge in [-0.1, -0.05) is 26.0 Å². The van der Waals surface area contributed by atoms with E-state index in [9.17, 15) is 4.79 Å². The molecule has 5 heteroatoms. The molecule has 1 aliphatic rings. The first kappa shape index (κ1) is 16.2. The monoisotopic (exact) mass is 327 g/mol. The van der Waals surface area contributed by atoms with Gasteiger partial charge < -0.3 is 19.1 Å². The van der Waals surface area contributed by atoms with Crippen LogP contribution >= 0.6 is 0 Å². The molecule has 0 fully saturated rings. The van der Waals surface area contributed by atoms with Crippen LogP contribution in [0, 0.1) is 5.92 Å². The van der Waals surface area contributed by atoms with E-state index in [4.69, 9.17) is 14.2 Å². The Balaban J connectivity index is 1.89. The summed E-state index contributed by atoms with van der Waals surface area (Å²) in [4.78, 5) is 14.5. The van der Waals surface area contributed by atoms with E-state index in [1.54, 1.807) is 12.0 Å². The van der Waals surface area contributed by atoms with Crippen molar-refractivity contribution in [2.45, 2.75) is 20.4 Å². The van der Waals surface area contributed by atoms with Crippen LogP contribution in [-0.4, -0.2) is 19.8 Å². The molecule has 0 unspecified atom stereocenters. The van der Waals surface area contributed by atoms with Crippen molar-refractivity contribution in [2.75, 3.05) is 18.8 Å². The van der Waals surface area contributed by atoms with Gasteiger partial charge >= 0.3 is 0 Å². The number of amides is 1. The molecule has 1 amide bonds. The molecular weight excluding hydrogens is 306 g/mol. The molecule has 0 radical (unpaired) electrons. The van der Waals surface area contributed by atoms with E-state index in [-0.39, 0.29) is 18.6 Å². The van der Waals surface area contributed by atoms with Gasteiger partial charge in [0.15, 0.2) is 11.5 Å². The Kier molecular flexibility index (Phi) is 4.60. The summed E-state index contributed by atoms with van der Waals surface area (Å²) >= 11 is 0. The van der Waals surface area contributed by atoms with Crippen molar-refractivity contribution < 1.29 is 19.0 Å². The van der Waals surface area contributed by atoms with Crippen LogP contribution in [0.1, 0.15) is 19.4 Å². The standard InChI is InChI=1S/C19H21NO4/c1-13(2)19(21)20(11-14-4-7-16(22-3)8-5-14)15-6-9-17-18(10-15)24-12-23-17/h4-10,13H,11-12H2,1-3H3. The van der Waals surface area contributed by atoms with Gasteiger partial charge in [-0.3, -0.25) is 4.79 Å². The number of fused-ring (bicyclic) bond motifs is 1. The number of hydrogen-bond donors (Lipinski definition) is 0. The molecule has 3 rings (SSSR count). The van der Waals surface area contributed by atoms with Crippen molar-refractivity contribution in [3.8, 4) is 17.2 Å². The number of rotatable bonds is 5. The maximum Gasteiger partial charge on any atom is 0.231 e. The summed E-state index contributed by atoms with van der Waals surface area (Å²) in [5, 5.41) is 0. The molecule has 5 nitrogen and oxygen atoms in total. The zero-order valence-corrected chi connectivity index (χ0v) is 14.1. The lowest BCUT2D eigenvalue weighted by molar-refractivity contribution is -0.121. The molecule has 24 heavy (non-hydrogen) atoms. The molecule has 0 bridgehead atoms. The summed E-state index contributed by atoms with van der Waals surface area (Å²) in [6.45, 7) is 4.50. The molecule has 1 heterocycles. The smallest absolute Gasteiger partial charge is 0.231 e. The second kappa shape index (κ2) is 6.83. The zero-order chi connectivity index (χ0) is 17.1. The average Bonchev–Trinajstić information content (AvgIpc) is 3.07. The Bertz CT molecular complexity index is 725. The summed E-state index contributed by atoms with van der Waals surface area (Å²) in [6, 6.07) is 13.3. The number of methoxy groups -OCH3 is 1. The van der Waals surface area contributed by atoms with Gasteiger partial charge in [0.05, 0.1) is 13.7 Å². The summed E-state index contributed by atoms with van der Waals surface area (Å²) in [6.07, 6.45) is 0. The molecule has 0 saturated carbocycles. The molecule has 2 aromatic rings. The summed E-state index contributed by atoms with van der Waals surface area (Å²) in [5.74, 6) is 2.13. The Labute approximate surface area is 141 Å². The van der Waals surface area contributed by atoms with Crippen LogP contribution in [0.15, 0.2) is 42.5 Å². The highest BCUT2D eigenvalue weighted by atomic mass is 16.7. The van der Waals surface area contributed by atoms with Crippen LogP contribution in [0.3, 0.4) is 0 Å². The normalized spacial score (nSPS) is 12.3. The zero-order valence-electron chi connectivity index (χ0n) is 14.1. The van der Waals surface area contributed by atoms with E-state index in [0.717, 1.165) is 17.0 Å². The van der Waals surface area contributed by atoms with Gasteiger partial charge in [0.2, 0.25) is 12.7 Å². The van der Waals surface area contributed by atoms with E-state index in [0.29, 0.717) is 18.0 Å². The highest BCUT2D eigenvalue weighted by molar-refractivity contribution is 5.94. The maximum absolute atomic E-state index is 12.7. The average molecular weight is 327 g/mol. The first-order valence-electron chi connectivity index (χ1n) is 7.92. The number of carbonyl (C=O) groups excluding carboxylic acids is 1. The van der Waals surface area contributed by atoms with Gasteiger partial charge in [-0.2, -0.15) is 0 Å². The van der Waals surface area contributed by atoms with Crippen molar-refractivity contribution in [3.63, 3.8) is 0 Å². The Morgan fingerprint density at radius 1 is 1.12 bits per heavy atom. The lowest BCUT2D eigenvalue weighted by Crippen LogP contribution is -2.33. The molecule has 126 valence electrons. The van der Waals surface area contributed by atoms with Gasteiger partial charge in [0, 0.05) is 17.7 Å². The number of benzene rings is 2. The van der Waals surface area contributed by atoms with Gasteiger partial charge in [-0.05, 0) is 29.8 Å². The summed E-state index contributed by atoms with van der Waals surface area (Å²) < 4.78 is 16.0. The second-order valence-corrected chi connectivity index (χ2v) is 5.96. The highest BCUT2D eigenvalue weighted by Crippen LogP contribution is 2.36. The van der Waals surface area contributed by atoms with Crippen LogP contribution in [-0.2, 0) is 11.3 Å². The largest absolute Gasteiger partial charge is 0.497 e. The lowest BCUT2D eigenvalue weighted by atomic mass is 10.1. The first-order chi connectivity index (χ1) is 11.6. The third-order valence-electron chi connectivity index (χ3n) is 3.93. The predicted octanol–water partition coefficient (Wildman–Crippen LogP) is 3.61. The number of anilines is 1. The minimum absolute atomic E-state index is 0.0599. The molecule has 0 aliphatic carbocycles. The summed E-state index contributed by atoms with van der Waals surface area (Å²) in [5.41, 5.74) is 1.83. The van der Waals surface area contributed by atoms with Crippen molar-refractivity contribution in [2.24, 2.45) is 5.92 Å². The molecule has 0 spiro atoms. The third-order valence-corrected chi connectivity index (χ3v) is 3.93. The van der Waals surface area contributed by atoms with Gasteiger partial charge in [-0.25, -0.2) is 0 Å². The Morgan fingerprint density at radius 3 is 2.50 bits per heavy atom. The molecule has 0 aromatic heterocycles. The first-order valence-corrected chi connectivity index (χ1v) is 7.92. The molecule has 0 atom stereocenters. The fourth-order valence-electron chi connectivity index (χ4n) is 2.57. The van der Waals surface area contributed by atoms with Gasteiger partial charge in [0.1, 0.15) is 5.75 Å². The SMILES string of the molecule is COc1ccc(CN(C(=O)C(C)C)c2ccc3c(c2)OCO3)cc1. The minimum Gasteiger partial charge on any atom is -0.497 e. The fourth-order valence-corrected chi connectivity index (χ4v) is 2.57. The van der Waals surface area contributed by atoms with Crippen LogP contribution in [0.5, 0.6) is 17.2 Å². The molecule has 0 N–H and O–H groups in total. The fraction of sp³-hybridized carbons (Fsp3) is 0.316. The summed E-state index contributed by atoms with van der Waals surface area (Å²) in [7, 11) is 1.64. The number of nitrogens with zero attached hydrogens (tertiary/aromatic N) is 1. The number of ether oxygens (including phenoxy) is 3. The third kappa shape index (κ3) is 3.30. The van der Waals surface area contributed by atoms with Crippen molar-refractivity contribution in [3.05, 3.63) is 48.0 Å². The Morgan fingerprint density at radius 2 is 1.83 bits per heavy atom. The van der Waals surface area contributed by atoms with E-state index in [2.05, 4.69) is 0 Å². The van der Waals surface area contributed by atoms with Crippen molar-refractivity contribution in [1.29, 1.82) is 0 Å². The Hall–Kier alpha value is -2.69. The molecular formula is C19H21NO4. The molecule has 2 aromatic carbocycles. The molecule has 0 saturated heterocycles. The van der Waals surface area contributed by atoms with Crippen LogP contribution in [0.4, 0.5) is 5.69 Å². The van der Waals surface area contributed by atoms with Crippen LogP contribution in [0.2, 0.25) is 0 Å². The molecule has 1 aliphatic heterocycles. The quantitative estimate of drug-likeness (QED) is 0.842. The van der Waals surface area contributed by atoms with Gasteiger partial charge in [0.25, 0.3) is 0 Å². The van der Waals surface area contributed by atoms with Crippen LogP contribution < -0.4 is 19.1 Å². The van der Waals surface area contributed by atoms with Crippen molar-refractivity contribution in [1.82, 2.24) is 0 Å². The van der Waals surface area contributed by atoms with E-state index < -0.39 is 0 Å². The lowest BCUT2D eigenvalue weighted by Gasteiger charge is -2.25. The second-order valence-electron chi connectivity index (χ2n) is 5.96. The van der Waals surface area contributed by atoms with E-state index >= 15 is 0 Å². The number of carbonyl (C=O) groups is 1. The highest BCUT2D eigenvalue weighted by Gasteiger charge is 2.22. The predicted molar refractivity (Wildman–Crippen MR) is 91.6 cm³/mol. The van der Waals surface area contributed by atoms with Crippen molar-refractivity contribution >= 4 is 11.6 Å². The topological polar surface area (TPSA) is 48.0 Å². The van der Waals surface area contributed by atoms with Crippen LogP contribution in [0.25, 0.3) is 0 Å². The minimum atomic E-state index is -0.103. The number of hydrogen-bond acceptors (Lipinski definition) is 4. The van der Waals surface area contributed by atoms with E-state index in [1.807, 2.05) is 56.3 Å².